The molecule has 0 saturated carbocycles. The van der Waals surface area contributed by atoms with Crippen molar-refractivity contribution in [3.8, 4) is 57.1 Å². The van der Waals surface area contributed by atoms with E-state index in [-0.39, 0.29) is 57.1 Å². The van der Waals surface area contributed by atoms with Crippen LogP contribution in [-0.4, -0.2) is 197 Å². The smallest absolute Gasteiger partial charge is 0.508 e. The molecule has 77 heavy (non-hydrogen) atoms. The molecule has 4 aliphatic heterocycles. The van der Waals surface area contributed by atoms with Crippen molar-refractivity contribution in [1.82, 2.24) is 0 Å². The fraction of sp³-hybridized carbons (Fsp3) is 0.365. The van der Waals surface area contributed by atoms with E-state index < -0.39 is 129 Å². The predicted octanol–water partition coefficient (Wildman–Crippen LogP) is -0.777. The molecule has 3 aromatic carbocycles. The highest BCUT2D eigenvalue weighted by molar-refractivity contribution is 5.88. The summed E-state index contributed by atoms with van der Waals surface area (Å²) in [7, 11) is 1.33. The molecule has 0 unspecified atom stereocenters. The Morgan fingerprint density at radius 3 is 1.84 bits per heavy atom. The maximum atomic E-state index is 13.1. The molecule has 0 amide bonds. The molecule has 25 nitrogen and oxygen atoms in total. The van der Waals surface area contributed by atoms with Gasteiger partial charge in [-0.15, -0.1) is 0 Å². The molecule has 13 N–H and O–H groups in total. The standard InChI is InChI=1S/C52H54O25/c1-68-33-16-24(4-13-30(33)57)6-15-39(59)69-21-36-41(61)44(64)47(67)51(75-36)77-49-45(65)42(62)37(22-70-38(58)14-5-23-2-9-26(54)10-3-23)76-52(49)73-34-19-29-31(71-48(34)25-7-11-27(55)12-8-25)17-28(56)18-32(29)72-50-46(66)43(63)40(60)35(20-53)74-50/h2-19,35-37,40-47,49-55,57,60-67H,20-22H2,1H3/p+1/t35-,36-,37-,40-,41-,42-,43+,44+,45+,46-,47-,49-,50-,51+,52-/m1/s1. The van der Waals surface area contributed by atoms with Crippen LogP contribution in [0, 0.1) is 0 Å². The second-order valence-corrected chi connectivity index (χ2v) is 17.9. The summed E-state index contributed by atoms with van der Waals surface area (Å²) in [5, 5.41) is 128. The average molecular weight is 1080 g/mol. The van der Waals surface area contributed by atoms with Crippen molar-refractivity contribution in [2.24, 2.45) is 0 Å². The zero-order chi connectivity index (χ0) is 55.2. The summed E-state index contributed by atoms with van der Waals surface area (Å²) in [6.07, 6.45) is -23.2. The summed E-state index contributed by atoms with van der Waals surface area (Å²) in [6, 6.07) is 18.7. The lowest BCUT2D eigenvalue weighted by atomic mass is 9.97. The van der Waals surface area contributed by atoms with Crippen LogP contribution >= 0.6 is 0 Å². The largest absolute Gasteiger partial charge is 0.510 e. The minimum atomic E-state index is -2.11. The van der Waals surface area contributed by atoms with Crippen LogP contribution in [-0.2, 0) is 33.2 Å². The number of ether oxygens (including phenoxy) is 9. The third kappa shape index (κ3) is 13.0. The molecule has 0 bridgehead atoms. The summed E-state index contributed by atoms with van der Waals surface area (Å²) < 4.78 is 58.0. The van der Waals surface area contributed by atoms with E-state index in [1.807, 2.05) is 0 Å². The fourth-order valence-corrected chi connectivity index (χ4v) is 8.32. The number of aliphatic hydroxyl groups is 9. The number of fused-ring (bicyclic) bond motifs is 1. The number of hydrogen-bond donors (Lipinski definition) is 12. The van der Waals surface area contributed by atoms with E-state index in [1.165, 1.54) is 79.9 Å². The maximum Gasteiger partial charge on any atom is 0.510 e. The van der Waals surface area contributed by atoms with Crippen LogP contribution in [0.15, 0.2) is 106 Å². The van der Waals surface area contributed by atoms with Crippen LogP contribution in [0.2, 0.25) is 0 Å². The third-order valence-corrected chi connectivity index (χ3v) is 12.6. The van der Waals surface area contributed by atoms with Crippen LogP contribution in [0.25, 0.3) is 34.8 Å². The van der Waals surface area contributed by atoms with Crippen molar-refractivity contribution in [3.05, 3.63) is 118 Å². The van der Waals surface area contributed by atoms with Crippen LogP contribution in [0.5, 0.6) is 34.5 Å². The van der Waals surface area contributed by atoms with Gasteiger partial charge in [-0.2, -0.15) is 0 Å². The molecule has 4 heterocycles. The van der Waals surface area contributed by atoms with Crippen LogP contribution in [0.4, 0.5) is 0 Å². The number of esters is 2. The molecular formula is C52H55O25+. The van der Waals surface area contributed by atoms with Gasteiger partial charge in [-0.25, -0.2) is 4.79 Å². The van der Waals surface area contributed by atoms with Crippen LogP contribution in [0.1, 0.15) is 11.1 Å². The molecule has 3 saturated heterocycles. The Kier molecular flexibility index (Phi) is 17.8. The van der Waals surface area contributed by atoms with Gasteiger partial charge in [0.2, 0.25) is 19.2 Å². The van der Waals surface area contributed by atoms with Gasteiger partial charge in [0, 0.05) is 23.8 Å². The molecule has 5 aliphatic rings. The molecule has 0 radical (unpaired) electrons. The first kappa shape index (κ1) is 56.0. The van der Waals surface area contributed by atoms with Crippen molar-refractivity contribution in [2.75, 3.05) is 26.9 Å². The minimum absolute atomic E-state index is 0.00335. The lowest BCUT2D eigenvalue weighted by Crippen LogP contribution is -2.65. The summed E-state index contributed by atoms with van der Waals surface area (Å²) >= 11 is 0. The van der Waals surface area contributed by atoms with E-state index in [1.54, 1.807) is 12.1 Å². The van der Waals surface area contributed by atoms with Gasteiger partial charge >= 0.3 is 11.9 Å². The molecule has 8 rings (SSSR count). The van der Waals surface area contributed by atoms with Crippen molar-refractivity contribution in [2.45, 2.75) is 92.1 Å². The molecule has 0 spiro atoms. The summed E-state index contributed by atoms with van der Waals surface area (Å²) in [4.78, 5) is 36.6. The lowest BCUT2D eigenvalue weighted by Gasteiger charge is -2.45. The quantitative estimate of drug-likeness (QED) is 0.0309. The van der Waals surface area contributed by atoms with E-state index in [0.29, 0.717) is 11.1 Å². The summed E-state index contributed by atoms with van der Waals surface area (Å²) in [5.74, 6) is -2.92. The number of hydrogen-bond acceptors (Lipinski definition) is 24. The van der Waals surface area contributed by atoms with E-state index in [0.717, 1.165) is 24.3 Å². The molecule has 25 heteroatoms. The Bertz CT molecular complexity index is 2900. The molecule has 3 fully saturated rings. The number of carbonyl (C=O) groups is 1. The van der Waals surface area contributed by atoms with Gasteiger partial charge in [0.25, 0.3) is 0 Å². The van der Waals surface area contributed by atoms with Gasteiger partial charge in [-0.1, -0.05) is 18.2 Å². The van der Waals surface area contributed by atoms with E-state index >= 15 is 0 Å². The van der Waals surface area contributed by atoms with E-state index in [2.05, 4.69) is 0 Å². The van der Waals surface area contributed by atoms with E-state index in [4.69, 9.17) is 47.0 Å². The first-order valence-corrected chi connectivity index (χ1v) is 23.6. The number of phenolic OH excluding ortho intramolecular Hbond substituents is 3. The Labute approximate surface area is 435 Å². The normalized spacial score (nSPS) is 29.6. The Morgan fingerprint density at radius 2 is 1.17 bits per heavy atom. The zero-order valence-electron chi connectivity index (χ0n) is 40.4. The zero-order valence-corrected chi connectivity index (χ0v) is 40.4. The Morgan fingerprint density at radius 1 is 0.597 bits per heavy atom. The number of benzene rings is 4. The maximum absolute atomic E-state index is 13.1. The minimum Gasteiger partial charge on any atom is -0.508 e. The molecular weight excluding hydrogens is 1020 g/mol. The second kappa shape index (κ2) is 24.4. The van der Waals surface area contributed by atoms with Gasteiger partial charge in [-0.05, 0) is 77.9 Å². The van der Waals surface area contributed by atoms with Crippen LogP contribution in [0.3, 0.4) is 0 Å². The van der Waals surface area contributed by atoms with Crippen molar-refractivity contribution < 1.29 is 118 Å². The van der Waals surface area contributed by atoms with Gasteiger partial charge < -0.3 is 113 Å². The predicted molar refractivity (Wildman–Crippen MR) is 261 cm³/mol. The van der Waals surface area contributed by atoms with E-state index in [9.17, 15) is 75.7 Å². The molecule has 412 valence electrons. The molecule has 3 aromatic rings. The monoisotopic (exact) mass is 1080 g/mol. The third-order valence-electron chi connectivity index (χ3n) is 12.6. The van der Waals surface area contributed by atoms with Gasteiger partial charge in [-0.3, -0.25) is 4.79 Å². The second-order valence-electron chi connectivity index (χ2n) is 17.9. The Hall–Kier alpha value is -7.21. The number of aromatic hydroxyl groups is 3. The number of phenols is 3. The van der Waals surface area contributed by atoms with Crippen molar-refractivity contribution in [3.63, 3.8) is 0 Å². The highest BCUT2D eigenvalue weighted by Crippen LogP contribution is 2.43. The highest BCUT2D eigenvalue weighted by Gasteiger charge is 2.53. The number of methoxy groups -OCH3 is 1. The van der Waals surface area contributed by atoms with Gasteiger partial charge in [0.1, 0.15) is 90.7 Å². The molecule has 15 atom stereocenters. The summed E-state index contributed by atoms with van der Waals surface area (Å²) in [6.45, 7) is -2.25. The van der Waals surface area contributed by atoms with Gasteiger partial charge in [0.15, 0.2) is 46.9 Å². The Balaban J connectivity index is 1.11. The number of carbonyl (C=O) groups excluding carboxylic acids is 2. The number of aliphatic hydroxyl groups excluding tert-OH is 9. The molecule has 0 aromatic heterocycles. The number of rotatable bonds is 17. The molecule has 1 aliphatic carbocycles. The van der Waals surface area contributed by atoms with Crippen LogP contribution < -0.4 is 19.6 Å². The lowest BCUT2D eigenvalue weighted by molar-refractivity contribution is -0.357. The SMILES string of the molecule is COc1cc(C=CC(=O)OC[C@H]2O[C@@H](O[C@H]3[C@H](Oc4cc5c(O[C@@H]6O[C@H](CO)[C@@H](O)[C@H](O)[C@H]6O)cc(=O)cc-5oc4-c4ccc(O)cc4)O[C@H](COC(=[OH+])C=Cc4ccc(O)cc4)[C@@H](O)[C@@H]3O)[C@H](O)[C@@H](O)[C@@H]2O)ccc1O. The summed E-state index contributed by atoms with van der Waals surface area (Å²) in [5.41, 5.74) is 0.363. The van der Waals surface area contributed by atoms with Gasteiger partial charge in [0.05, 0.1) is 25.4 Å². The van der Waals surface area contributed by atoms with Crippen molar-refractivity contribution >= 4 is 24.1 Å². The first-order chi connectivity index (χ1) is 36.8. The van der Waals surface area contributed by atoms with Crippen molar-refractivity contribution in [1.29, 1.82) is 0 Å². The fourth-order valence-electron chi connectivity index (χ4n) is 8.32. The topological polar surface area (TPSA) is 395 Å². The first-order valence-electron chi connectivity index (χ1n) is 23.6. The highest BCUT2D eigenvalue weighted by atomic mass is 16.8. The average Bonchev–Trinajstić information content (AvgIpc) is 3.46.